The van der Waals surface area contributed by atoms with Gasteiger partial charge in [0.1, 0.15) is 5.82 Å². The second-order valence-electron chi connectivity index (χ2n) is 8.16. The van der Waals surface area contributed by atoms with Crippen LogP contribution in [-0.4, -0.2) is 33.2 Å². The first-order chi connectivity index (χ1) is 13.9. The number of benzene rings is 1. The Labute approximate surface area is 173 Å². The highest BCUT2D eigenvalue weighted by atomic mass is 16.3. The van der Waals surface area contributed by atoms with Gasteiger partial charge >= 0.3 is 0 Å². The van der Waals surface area contributed by atoms with Crippen molar-refractivity contribution in [2.24, 2.45) is 0 Å². The second kappa shape index (κ2) is 9.88. The number of nitrogens with zero attached hydrogens (tertiary/aromatic N) is 2. The number of aryl methyl sites for hydroxylation is 2. The molecule has 156 valence electrons. The highest BCUT2D eigenvalue weighted by Crippen LogP contribution is 2.23. The fourth-order valence-corrected chi connectivity index (χ4v) is 3.85. The van der Waals surface area contributed by atoms with Gasteiger partial charge in [-0.25, -0.2) is 4.98 Å². The predicted molar refractivity (Wildman–Crippen MR) is 117 cm³/mol. The fourth-order valence-electron chi connectivity index (χ4n) is 3.85. The first-order valence-electron chi connectivity index (χ1n) is 10.7. The van der Waals surface area contributed by atoms with Gasteiger partial charge in [0, 0.05) is 31.6 Å². The quantitative estimate of drug-likeness (QED) is 0.680. The molecule has 0 aliphatic heterocycles. The number of imidazole rings is 1. The van der Waals surface area contributed by atoms with Crippen molar-refractivity contribution in [1.82, 2.24) is 14.9 Å². The minimum Gasteiger partial charge on any atom is -0.393 e. The van der Waals surface area contributed by atoms with Crippen LogP contribution in [0.15, 0.2) is 24.3 Å². The Morgan fingerprint density at radius 3 is 2.97 bits per heavy atom. The van der Waals surface area contributed by atoms with Crippen molar-refractivity contribution in [2.45, 2.75) is 71.9 Å². The van der Waals surface area contributed by atoms with E-state index >= 15 is 0 Å². The van der Waals surface area contributed by atoms with E-state index in [0.29, 0.717) is 32.2 Å². The molecule has 1 aliphatic carbocycles. The van der Waals surface area contributed by atoms with Gasteiger partial charge in [-0.05, 0) is 63.7 Å². The van der Waals surface area contributed by atoms with Crippen molar-refractivity contribution < 1.29 is 9.90 Å². The number of hydrogen-bond donors (Lipinski definition) is 2. The van der Waals surface area contributed by atoms with Gasteiger partial charge in [-0.15, -0.1) is 0 Å². The number of aromatic nitrogens is 2. The lowest BCUT2D eigenvalue weighted by Gasteiger charge is -2.16. The lowest BCUT2D eigenvalue weighted by atomic mass is 10.0. The molecule has 0 saturated carbocycles. The number of aliphatic hydroxyl groups is 1. The van der Waals surface area contributed by atoms with Crippen molar-refractivity contribution in [2.75, 3.05) is 6.54 Å². The largest absolute Gasteiger partial charge is 0.393 e. The highest BCUT2D eigenvalue weighted by Gasteiger charge is 2.18. The zero-order valence-corrected chi connectivity index (χ0v) is 17.9. The summed E-state index contributed by atoms with van der Waals surface area (Å²) in [4.78, 5) is 16.9. The molecule has 29 heavy (non-hydrogen) atoms. The van der Waals surface area contributed by atoms with Crippen LogP contribution in [0.3, 0.4) is 0 Å². The highest BCUT2D eigenvalue weighted by molar-refractivity contribution is 5.75. The number of allylic oxidation sites excluding steroid dienone is 1. The Morgan fingerprint density at radius 1 is 1.34 bits per heavy atom. The molecular formula is C24H33N3O2. The van der Waals surface area contributed by atoms with Crippen LogP contribution in [0.5, 0.6) is 0 Å². The number of aliphatic hydroxyl groups excluding tert-OH is 1. The number of carbonyl (C=O) groups is 1. The number of hydrogen-bond acceptors (Lipinski definition) is 3. The molecule has 5 heteroatoms. The maximum Gasteiger partial charge on any atom is 0.220 e. The third-order valence-electron chi connectivity index (χ3n) is 5.54. The minimum atomic E-state index is -0.347. The molecule has 0 radical (unpaired) electrons. The van der Waals surface area contributed by atoms with E-state index in [-0.39, 0.29) is 12.0 Å². The van der Waals surface area contributed by atoms with Gasteiger partial charge in [0.2, 0.25) is 5.91 Å². The average Bonchev–Trinajstić information content (AvgIpc) is 3.02. The summed E-state index contributed by atoms with van der Waals surface area (Å²) in [5.41, 5.74) is 6.25. The van der Waals surface area contributed by atoms with Crippen LogP contribution in [-0.2, 0) is 24.2 Å². The topological polar surface area (TPSA) is 67.2 Å². The smallest absolute Gasteiger partial charge is 0.220 e. The summed E-state index contributed by atoms with van der Waals surface area (Å²) in [6, 6.07) is 6.59. The molecule has 0 bridgehead atoms. The maximum absolute atomic E-state index is 12.0. The van der Waals surface area contributed by atoms with Gasteiger partial charge in [0.05, 0.1) is 11.8 Å². The first kappa shape index (κ1) is 21.3. The van der Waals surface area contributed by atoms with E-state index in [0.717, 1.165) is 30.9 Å². The number of nitrogens with one attached hydrogen (secondary N) is 1. The molecule has 1 amide bonds. The molecule has 2 N–H and O–H groups in total. The van der Waals surface area contributed by atoms with E-state index in [9.17, 15) is 9.90 Å². The third kappa shape index (κ3) is 5.80. The maximum atomic E-state index is 12.0. The molecule has 1 atom stereocenters. The Kier molecular flexibility index (Phi) is 7.26. The molecule has 2 aromatic rings. The van der Waals surface area contributed by atoms with Crippen LogP contribution in [0.1, 0.15) is 66.5 Å². The Hall–Kier alpha value is -2.40. The number of rotatable bonds is 9. The van der Waals surface area contributed by atoms with E-state index in [2.05, 4.69) is 54.1 Å². The van der Waals surface area contributed by atoms with E-state index < -0.39 is 0 Å². The first-order valence-corrected chi connectivity index (χ1v) is 10.7. The van der Waals surface area contributed by atoms with Gasteiger partial charge in [0.15, 0.2) is 0 Å². The van der Waals surface area contributed by atoms with E-state index in [4.69, 9.17) is 4.98 Å². The molecule has 1 heterocycles. The molecule has 1 aromatic carbocycles. The summed E-state index contributed by atoms with van der Waals surface area (Å²) < 4.78 is 2.35. The molecule has 0 spiro atoms. The van der Waals surface area contributed by atoms with Crippen molar-refractivity contribution in [3.8, 4) is 0 Å². The standard InChI is InChI=1S/C24H33N3O2/c1-17-11-12-18(2)20(15-17)16-27-22-9-5-4-8-21(22)26-23(27)13-14-25-24(29)10-6-7-19(3)28/h4,8,11-12,15,19,28H,5-7,9-10,13-14,16H2,1-3H3,(H,25,29). The van der Waals surface area contributed by atoms with E-state index in [1.165, 1.54) is 22.4 Å². The number of fused-ring (bicyclic) bond motifs is 1. The normalized spacial score (nSPS) is 13.9. The molecule has 3 rings (SSSR count). The van der Waals surface area contributed by atoms with E-state index in [1.807, 2.05) is 0 Å². The summed E-state index contributed by atoms with van der Waals surface area (Å²) >= 11 is 0. The van der Waals surface area contributed by atoms with Crippen LogP contribution in [0.4, 0.5) is 0 Å². The number of amides is 1. The van der Waals surface area contributed by atoms with E-state index in [1.54, 1.807) is 6.92 Å². The Balaban J connectivity index is 1.68. The number of carbonyl (C=O) groups excluding carboxylic acids is 1. The molecule has 0 fully saturated rings. The minimum absolute atomic E-state index is 0.0444. The molecule has 1 aliphatic rings. The summed E-state index contributed by atoms with van der Waals surface area (Å²) in [5.74, 6) is 1.08. The van der Waals surface area contributed by atoms with Crippen molar-refractivity contribution in [3.05, 3.63) is 58.2 Å². The molecule has 5 nitrogen and oxygen atoms in total. The van der Waals surface area contributed by atoms with Crippen molar-refractivity contribution in [3.63, 3.8) is 0 Å². The lowest BCUT2D eigenvalue weighted by molar-refractivity contribution is -0.121. The molecule has 1 unspecified atom stereocenters. The van der Waals surface area contributed by atoms with Crippen molar-refractivity contribution >= 4 is 12.0 Å². The predicted octanol–water partition coefficient (Wildman–Crippen LogP) is 3.72. The average molecular weight is 396 g/mol. The lowest BCUT2D eigenvalue weighted by Crippen LogP contribution is -2.26. The molecular weight excluding hydrogens is 362 g/mol. The van der Waals surface area contributed by atoms with Gasteiger partial charge in [0.25, 0.3) is 0 Å². The fraction of sp³-hybridized carbons (Fsp3) is 0.500. The third-order valence-corrected chi connectivity index (χ3v) is 5.54. The zero-order valence-electron chi connectivity index (χ0n) is 17.9. The van der Waals surface area contributed by atoms with Gasteiger partial charge in [-0.3, -0.25) is 4.79 Å². The van der Waals surface area contributed by atoms with Gasteiger partial charge < -0.3 is 15.0 Å². The summed E-state index contributed by atoms with van der Waals surface area (Å²) in [6.45, 7) is 7.44. The molecule has 0 saturated heterocycles. The molecule has 1 aromatic heterocycles. The summed E-state index contributed by atoms with van der Waals surface area (Å²) in [6.07, 6.45) is 8.56. The van der Waals surface area contributed by atoms with Crippen molar-refractivity contribution in [1.29, 1.82) is 0 Å². The Morgan fingerprint density at radius 2 is 2.17 bits per heavy atom. The van der Waals surface area contributed by atoms with Crippen LogP contribution < -0.4 is 5.32 Å². The SMILES string of the molecule is Cc1ccc(C)c(Cn2c(CCNC(=O)CCCC(C)O)nc3c2CCC=C3)c1. The van der Waals surface area contributed by atoms with Crippen LogP contribution in [0, 0.1) is 13.8 Å². The van der Waals surface area contributed by atoms with Crippen LogP contribution in [0.25, 0.3) is 6.08 Å². The summed E-state index contributed by atoms with van der Waals surface area (Å²) in [7, 11) is 0. The van der Waals surface area contributed by atoms with Gasteiger partial charge in [-0.1, -0.05) is 29.8 Å². The monoisotopic (exact) mass is 395 g/mol. The second-order valence-corrected chi connectivity index (χ2v) is 8.16. The summed E-state index contributed by atoms with van der Waals surface area (Å²) in [5, 5.41) is 12.3. The zero-order chi connectivity index (χ0) is 20.8. The van der Waals surface area contributed by atoms with Crippen LogP contribution in [0.2, 0.25) is 0 Å². The van der Waals surface area contributed by atoms with Gasteiger partial charge in [-0.2, -0.15) is 0 Å². The van der Waals surface area contributed by atoms with Crippen LogP contribution >= 0.6 is 0 Å². The Bertz CT molecular complexity index is 880.